The van der Waals surface area contributed by atoms with Gasteiger partial charge in [-0.25, -0.2) is 13.1 Å². The quantitative estimate of drug-likeness (QED) is 0.903. The molecule has 0 radical (unpaired) electrons. The van der Waals surface area contributed by atoms with Crippen molar-refractivity contribution in [1.29, 1.82) is 0 Å². The van der Waals surface area contributed by atoms with Crippen LogP contribution in [0.1, 0.15) is 18.2 Å². The number of hydrogen-bond acceptors (Lipinski definition) is 3. The summed E-state index contributed by atoms with van der Waals surface area (Å²) in [7, 11) is -3.73. The highest BCUT2D eigenvalue weighted by atomic mass is 35.5. The van der Waals surface area contributed by atoms with Crippen molar-refractivity contribution in [3.63, 3.8) is 0 Å². The van der Waals surface area contributed by atoms with Crippen molar-refractivity contribution in [2.75, 3.05) is 0 Å². The van der Waals surface area contributed by atoms with Gasteiger partial charge in [0.05, 0.1) is 10.7 Å². The van der Waals surface area contributed by atoms with Crippen molar-refractivity contribution in [3.8, 4) is 0 Å². The molecule has 1 aromatic carbocycles. The van der Waals surface area contributed by atoms with E-state index in [1.807, 2.05) is 20.0 Å². The molecule has 0 aliphatic heterocycles. The van der Waals surface area contributed by atoms with Crippen molar-refractivity contribution in [2.45, 2.75) is 31.8 Å². The van der Waals surface area contributed by atoms with E-state index in [1.165, 1.54) is 12.1 Å². The third kappa shape index (κ3) is 3.77. The highest BCUT2D eigenvalue weighted by Crippen LogP contribution is 2.25. The van der Waals surface area contributed by atoms with Crippen LogP contribution in [0.5, 0.6) is 0 Å². The molecule has 0 amide bonds. The van der Waals surface area contributed by atoms with Crippen LogP contribution in [-0.2, 0) is 23.1 Å². The molecule has 0 aliphatic rings. The average molecular weight is 348 g/mol. The Hall–Kier alpha value is -1.08. The van der Waals surface area contributed by atoms with Crippen LogP contribution in [0.15, 0.2) is 29.3 Å². The number of benzene rings is 1. The van der Waals surface area contributed by atoms with Crippen LogP contribution in [0.4, 0.5) is 0 Å². The minimum absolute atomic E-state index is 0.0304. The molecule has 0 saturated heterocycles. The molecule has 1 aromatic heterocycles. The normalized spacial score (nSPS) is 11.8. The van der Waals surface area contributed by atoms with E-state index < -0.39 is 10.0 Å². The summed E-state index contributed by atoms with van der Waals surface area (Å²) < 4.78 is 28.8. The maximum absolute atomic E-state index is 12.3. The van der Waals surface area contributed by atoms with Crippen molar-refractivity contribution >= 4 is 33.2 Å². The lowest BCUT2D eigenvalue weighted by Gasteiger charge is -2.08. The van der Waals surface area contributed by atoms with Crippen LogP contribution >= 0.6 is 23.2 Å². The number of halogens is 2. The monoisotopic (exact) mass is 347 g/mol. The number of nitrogens with one attached hydrogen (secondary N) is 1. The fourth-order valence-electron chi connectivity index (χ4n) is 1.83. The SMILES string of the molecule is CCn1cc(CNS(=O)(=O)c2cc(Cl)ccc2Cl)c(C)n1. The molecule has 0 atom stereocenters. The smallest absolute Gasteiger partial charge is 0.242 e. The summed E-state index contributed by atoms with van der Waals surface area (Å²) in [5.41, 5.74) is 1.61. The number of nitrogens with zero attached hydrogens (tertiary/aromatic N) is 2. The first-order chi connectivity index (χ1) is 9.83. The lowest BCUT2D eigenvalue weighted by molar-refractivity contribution is 0.581. The summed E-state index contributed by atoms with van der Waals surface area (Å²) in [6.07, 6.45) is 1.82. The van der Waals surface area contributed by atoms with E-state index in [-0.39, 0.29) is 16.5 Å². The first-order valence-corrected chi connectivity index (χ1v) is 8.55. The first-order valence-electron chi connectivity index (χ1n) is 6.31. The van der Waals surface area contributed by atoms with Gasteiger partial charge in [0.15, 0.2) is 0 Å². The first kappa shape index (κ1) is 16.3. The van der Waals surface area contributed by atoms with Crippen molar-refractivity contribution in [3.05, 3.63) is 45.7 Å². The number of aromatic nitrogens is 2. The third-order valence-corrected chi connectivity index (χ3v) is 5.13. The Balaban J connectivity index is 2.21. The fraction of sp³-hybridized carbons (Fsp3) is 0.308. The Kier molecular flexibility index (Phi) is 4.93. The second-order valence-corrected chi connectivity index (χ2v) is 7.07. The van der Waals surface area contributed by atoms with Gasteiger partial charge in [0.1, 0.15) is 4.90 Å². The van der Waals surface area contributed by atoms with Gasteiger partial charge in [-0.2, -0.15) is 5.10 Å². The molecule has 0 aliphatic carbocycles. The van der Waals surface area contributed by atoms with Gasteiger partial charge in [-0.3, -0.25) is 4.68 Å². The van der Waals surface area contributed by atoms with Crippen LogP contribution in [0, 0.1) is 6.92 Å². The molecule has 2 aromatic rings. The lowest BCUT2D eigenvalue weighted by atomic mass is 10.3. The van der Waals surface area contributed by atoms with Crippen molar-refractivity contribution in [1.82, 2.24) is 14.5 Å². The summed E-state index contributed by atoms with van der Waals surface area (Å²) >= 11 is 11.7. The number of aryl methyl sites for hydroxylation is 2. The van der Waals surface area contributed by atoms with Gasteiger partial charge in [0.25, 0.3) is 0 Å². The minimum Gasteiger partial charge on any atom is -0.272 e. The topological polar surface area (TPSA) is 64.0 Å². The molecule has 1 heterocycles. The minimum atomic E-state index is -3.73. The van der Waals surface area contributed by atoms with Gasteiger partial charge in [-0.05, 0) is 32.0 Å². The van der Waals surface area contributed by atoms with E-state index in [0.29, 0.717) is 5.02 Å². The molecule has 0 spiro atoms. The zero-order chi connectivity index (χ0) is 15.6. The maximum atomic E-state index is 12.3. The van der Waals surface area contributed by atoms with Crippen molar-refractivity contribution in [2.24, 2.45) is 0 Å². The van der Waals surface area contributed by atoms with Crippen LogP contribution in [-0.4, -0.2) is 18.2 Å². The number of hydrogen-bond donors (Lipinski definition) is 1. The zero-order valence-corrected chi connectivity index (χ0v) is 13.9. The molecule has 21 heavy (non-hydrogen) atoms. The number of rotatable bonds is 5. The molecular weight excluding hydrogens is 333 g/mol. The third-order valence-electron chi connectivity index (χ3n) is 3.01. The fourth-order valence-corrected chi connectivity index (χ4v) is 3.60. The highest BCUT2D eigenvalue weighted by Gasteiger charge is 2.19. The molecule has 114 valence electrons. The van der Waals surface area contributed by atoms with E-state index in [0.717, 1.165) is 17.8 Å². The van der Waals surface area contributed by atoms with Gasteiger partial charge in [0, 0.05) is 29.9 Å². The van der Waals surface area contributed by atoms with Gasteiger partial charge < -0.3 is 0 Å². The molecule has 8 heteroatoms. The predicted molar refractivity (Wildman–Crippen MR) is 83.1 cm³/mol. The Morgan fingerprint density at radius 2 is 2.05 bits per heavy atom. The molecule has 2 rings (SSSR count). The van der Waals surface area contributed by atoms with E-state index in [9.17, 15) is 8.42 Å². The molecular formula is C13H15Cl2N3O2S. The Morgan fingerprint density at radius 1 is 1.33 bits per heavy atom. The number of sulfonamides is 1. The largest absolute Gasteiger partial charge is 0.272 e. The highest BCUT2D eigenvalue weighted by molar-refractivity contribution is 7.89. The second kappa shape index (κ2) is 6.36. The van der Waals surface area contributed by atoms with Crippen LogP contribution in [0.3, 0.4) is 0 Å². The van der Waals surface area contributed by atoms with Gasteiger partial charge in [-0.1, -0.05) is 23.2 Å². The summed E-state index contributed by atoms with van der Waals surface area (Å²) in [6.45, 7) is 4.68. The van der Waals surface area contributed by atoms with Gasteiger partial charge in [0.2, 0.25) is 10.0 Å². The summed E-state index contributed by atoms with van der Waals surface area (Å²) in [5, 5.41) is 4.72. The predicted octanol–water partition coefficient (Wildman–Crippen LogP) is 3.00. The molecule has 0 saturated carbocycles. The van der Waals surface area contributed by atoms with Gasteiger partial charge >= 0.3 is 0 Å². The lowest BCUT2D eigenvalue weighted by Crippen LogP contribution is -2.23. The summed E-state index contributed by atoms with van der Waals surface area (Å²) in [4.78, 5) is -0.0304. The van der Waals surface area contributed by atoms with Gasteiger partial charge in [-0.15, -0.1) is 0 Å². The molecule has 0 fully saturated rings. The van der Waals surface area contributed by atoms with Crippen LogP contribution in [0.2, 0.25) is 10.0 Å². The average Bonchev–Trinajstić information content (AvgIpc) is 2.80. The van der Waals surface area contributed by atoms with Crippen LogP contribution in [0.25, 0.3) is 0 Å². The van der Waals surface area contributed by atoms with Crippen molar-refractivity contribution < 1.29 is 8.42 Å². The molecule has 1 N–H and O–H groups in total. The maximum Gasteiger partial charge on any atom is 0.242 e. The summed E-state index contributed by atoms with van der Waals surface area (Å²) in [6, 6.07) is 4.33. The molecule has 0 unspecified atom stereocenters. The zero-order valence-electron chi connectivity index (χ0n) is 11.6. The van der Waals surface area contributed by atoms with Crippen LogP contribution < -0.4 is 4.72 Å². The standard InChI is InChI=1S/C13H15Cl2N3O2S/c1-3-18-8-10(9(2)17-18)7-16-21(19,20)13-6-11(14)4-5-12(13)15/h4-6,8,16H,3,7H2,1-2H3. The Bertz CT molecular complexity index is 757. The summed E-state index contributed by atoms with van der Waals surface area (Å²) in [5.74, 6) is 0. The Labute approximate surface area is 133 Å². The van der Waals surface area contributed by atoms with E-state index in [4.69, 9.17) is 23.2 Å². The second-order valence-electron chi connectivity index (χ2n) is 4.49. The molecule has 5 nitrogen and oxygen atoms in total. The van der Waals surface area contributed by atoms with E-state index in [1.54, 1.807) is 10.7 Å². The van der Waals surface area contributed by atoms with E-state index in [2.05, 4.69) is 9.82 Å². The Morgan fingerprint density at radius 3 is 2.67 bits per heavy atom. The van der Waals surface area contributed by atoms with E-state index >= 15 is 0 Å². The molecule has 0 bridgehead atoms.